The van der Waals surface area contributed by atoms with Crippen molar-refractivity contribution in [3.05, 3.63) is 59.4 Å². The first-order valence-electron chi connectivity index (χ1n) is 7.58. The summed E-state index contributed by atoms with van der Waals surface area (Å²) < 4.78 is 46.5. The second kappa shape index (κ2) is 6.19. The fraction of sp³-hybridized carbons (Fsp3) is 0.278. The maximum atomic E-state index is 13.2. The molecule has 0 fully saturated rings. The lowest BCUT2D eigenvalue weighted by atomic mass is 10.1. The molecule has 1 aromatic heterocycles. The molecule has 1 heterocycles. The molecule has 0 aliphatic carbocycles. The van der Waals surface area contributed by atoms with E-state index in [0.29, 0.717) is 16.8 Å². The van der Waals surface area contributed by atoms with Crippen LogP contribution in [0.15, 0.2) is 42.5 Å². The number of aryl methyl sites for hydroxylation is 2. The van der Waals surface area contributed by atoms with Crippen molar-refractivity contribution in [1.82, 2.24) is 9.55 Å². The van der Waals surface area contributed by atoms with Crippen molar-refractivity contribution in [2.24, 2.45) is 0 Å². The Labute approximate surface area is 137 Å². The molecule has 0 saturated heterocycles. The third-order valence-corrected chi connectivity index (χ3v) is 3.69. The van der Waals surface area contributed by atoms with Gasteiger partial charge in [0.2, 0.25) is 5.82 Å². The molecule has 3 nitrogen and oxygen atoms in total. The van der Waals surface area contributed by atoms with E-state index >= 15 is 0 Å². The molecule has 0 N–H and O–H groups in total. The summed E-state index contributed by atoms with van der Waals surface area (Å²) in [7, 11) is 0. The van der Waals surface area contributed by atoms with Gasteiger partial charge >= 0.3 is 6.18 Å². The average Bonchev–Trinajstić information content (AvgIpc) is 2.85. The van der Waals surface area contributed by atoms with Gasteiger partial charge < -0.3 is 9.30 Å². The van der Waals surface area contributed by atoms with Crippen LogP contribution >= 0.6 is 0 Å². The summed E-state index contributed by atoms with van der Waals surface area (Å²) in [4.78, 5) is 3.72. The third-order valence-electron chi connectivity index (χ3n) is 3.69. The minimum atomic E-state index is -4.50. The molecule has 0 radical (unpaired) electrons. The van der Waals surface area contributed by atoms with E-state index in [2.05, 4.69) is 4.98 Å². The molecule has 0 saturated carbocycles. The van der Waals surface area contributed by atoms with Crippen LogP contribution in [0.2, 0.25) is 0 Å². The van der Waals surface area contributed by atoms with E-state index in [0.717, 1.165) is 15.7 Å². The fourth-order valence-corrected chi connectivity index (χ4v) is 2.79. The van der Waals surface area contributed by atoms with Crippen LogP contribution < -0.4 is 4.74 Å². The molecule has 0 aliphatic heterocycles. The molecular formula is C18H17F3N2O. The quantitative estimate of drug-likeness (QED) is 0.688. The van der Waals surface area contributed by atoms with Gasteiger partial charge in [0.15, 0.2) is 0 Å². The zero-order chi connectivity index (χ0) is 17.3. The Kier molecular flexibility index (Phi) is 4.22. The Morgan fingerprint density at radius 1 is 1.04 bits per heavy atom. The lowest BCUT2D eigenvalue weighted by Crippen LogP contribution is -2.18. The number of alkyl halides is 3. The van der Waals surface area contributed by atoms with Crippen molar-refractivity contribution in [2.75, 3.05) is 6.61 Å². The highest BCUT2D eigenvalue weighted by Crippen LogP contribution is 2.31. The first kappa shape index (κ1) is 16.4. The fourth-order valence-electron chi connectivity index (χ4n) is 2.79. The third kappa shape index (κ3) is 3.37. The minimum Gasteiger partial charge on any atom is -0.492 e. The van der Waals surface area contributed by atoms with Crippen LogP contribution in [0.25, 0.3) is 11.0 Å². The van der Waals surface area contributed by atoms with Gasteiger partial charge in [0.05, 0.1) is 17.6 Å². The van der Waals surface area contributed by atoms with Gasteiger partial charge in [-0.15, -0.1) is 0 Å². The van der Waals surface area contributed by atoms with E-state index in [1.165, 1.54) is 0 Å². The lowest BCUT2D eigenvalue weighted by Gasteiger charge is -2.13. The van der Waals surface area contributed by atoms with E-state index in [4.69, 9.17) is 4.74 Å². The zero-order valence-corrected chi connectivity index (χ0v) is 13.4. The van der Waals surface area contributed by atoms with Crippen LogP contribution in [0.3, 0.4) is 0 Å². The zero-order valence-electron chi connectivity index (χ0n) is 13.4. The van der Waals surface area contributed by atoms with Gasteiger partial charge in [-0.05, 0) is 49.2 Å². The van der Waals surface area contributed by atoms with Crippen molar-refractivity contribution in [1.29, 1.82) is 0 Å². The maximum absolute atomic E-state index is 13.2. The molecule has 3 rings (SSSR count). The number of fused-ring (bicyclic) bond motifs is 1. The van der Waals surface area contributed by atoms with Crippen molar-refractivity contribution in [2.45, 2.75) is 26.6 Å². The highest BCUT2D eigenvalue weighted by atomic mass is 19.4. The van der Waals surface area contributed by atoms with E-state index in [-0.39, 0.29) is 13.2 Å². The Morgan fingerprint density at radius 2 is 1.71 bits per heavy atom. The molecule has 0 unspecified atom stereocenters. The average molecular weight is 334 g/mol. The van der Waals surface area contributed by atoms with Gasteiger partial charge in [0.1, 0.15) is 12.4 Å². The number of nitrogens with zero attached hydrogens (tertiary/aromatic N) is 2. The largest absolute Gasteiger partial charge is 0.492 e. The molecule has 2 aromatic carbocycles. The molecule has 126 valence electrons. The standard InChI is InChI=1S/C18H17F3N2O/c1-12-9-13(2)11-14(10-12)24-8-7-23-16-6-4-3-5-15(16)22-17(23)18(19,20)21/h3-6,9-11H,7-8H2,1-2H3. The number of hydrogen-bond donors (Lipinski definition) is 0. The van der Waals surface area contributed by atoms with Gasteiger partial charge in [-0.1, -0.05) is 18.2 Å². The molecule has 24 heavy (non-hydrogen) atoms. The predicted octanol–water partition coefficient (Wildman–Crippen LogP) is 4.75. The van der Waals surface area contributed by atoms with Gasteiger partial charge in [0.25, 0.3) is 0 Å². The maximum Gasteiger partial charge on any atom is 0.449 e. The van der Waals surface area contributed by atoms with Gasteiger partial charge in [-0.3, -0.25) is 0 Å². The monoisotopic (exact) mass is 334 g/mol. The van der Waals surface area contributed by atoms with Crippen LogP contribution in [-0.4, -0.2) is 16.2 Å². The molecule has 0 amide bonds. The van der Waals surface area contributed by atoms with Crippen molar-refractivity contribution >= 4 is 11.0 Å². The highest BCUT2D eigenvalue weighted by molar-refractivity contribution is 5.76. The molecule has 3 aromatic rings. The first-order chi connectivity index (χ1) is 11.3. The van der Waals surface area contributed by atoms with Crippen molar-refractivity contribution < 1.29 is 17.9 Å². The number of rotatable bonds is 4. The Morgan fingerprint density at radius 3 is 2.38 bits per heavy atom. The Balaban J connectivity index is 1.84. The summed E-state index contributed by atoms with van der Waals surface area (Å²) >= 11 is 0. The van der Waals surface area contributed by atoms with Crippen molar-refractivity contribution in [3.8, 4) is 5.75 Å². The molecule has 0 bridgehead atoms. The lowest BCUT2D eigenvalue weighted by molar-refractivity contribution is -0.147. The number of hydrogen-bond acceptors (Lipinski definition) is 2. The van der Waals surface area contributed by atoms with Gasteiger partial charge in [0, 0.05) is 0 Å². The van der Waals surface area contributed by atoms with E-state index < -0.39 is 12.0 Å². The summed E-state index contributed by atoms with van der Waals surface area (Å²) in [5, 5.41) is 0. The topological polar surface area (TPSA) is 27.1 Å². The van der Waals surface area contributed by atoms with Crippen LogP contribution in [0, 0.1) is 13.8 Å². The normalized spacial score (nSPS) is 11.9. The highest BCUT2D eigenvalue weighted by Gasteiger charge is 2.37. The summed E-state index contributed by atoms with van der Waals surface area (Å²) in [5.41, 5.74) is 2.88. The summed E-state index contributed by atoms with van der Waals surface area (Å²) in [5.74, 6) is -0.238. The van der Waals surface area contributed by atoms with Crippen molar-refractivity contribution in [3.63, 3.8) is 0 Å². The van der Waals surface area contributed by atoms with E-state index in [9.17, 15) is 13.2 Å². The van der Waals surface area contributed by atoms with E-state index in [1.54, 1.807) is 24.3 Å². The van der Waals surface area contributed by atoms with Crippen LogP contribution in [0.5, 0.6) is 5.75 Å². The number of ether oxygens (including phenoxy) is 1. The number of benzene rings is 2. The molecular weight excluding hydrogens is 317 g/mol. The van der Waals surface area contributed by atoms with Gasteiger partial charge in [-0.25, -0.2) is 4.98 Å². The Hall–Kier alpha value is -2.50. The molecule has 0 spiro atoms. The SMILES string of the molecule is Cc1cc(C)cc(OCCn2c(C(F)(F)F)nc3ccccc32)c1. The number of para-hydroxylation sites is 2. The second-order valence-corrected chi connectivity index (χ2v) is 5.75. The van der Waals surface area contributed by atoms with E-state index in [1.807, 2.05) is 32.0 Å². The van der Waals surface area contributed by atoms with Crippen LogP contribution in [-0.2, 0) is 12.7 Å². The predicted molar refractivity (Wildman–Crippen MR) is 86.1 cm³/mol. The number of halogens is 3. The minimum absolute atomic E-state index is 0.0718. The summed E-state index contributed by atoms with van der Waals surface area (Å²) in [6.45, 7) is 4.10. The van der Waals surface area contributed by atoms with Crippen LogP contribution in [0.4, 0.5) is 13.2 Å². The number of aromatic nitrogens is 2. The molecule has 0 aliphatic rings. The molecule has 0 atom stereocenters. The smallest absolute Gasteiger partial charge is 0.449 e. The first-order valence-corrected chi connectivity index (χ1v) is 7.58. The number of imidazole rings is 1. The summed E-state index contributed by atoms with van der Waals surface area (Å²) in [6, 6.07) is 12.3. The Bertz CT molecular complexity index is 848. The second-order valence-electron chi connectivity index (χ2n) is 5.75. The molecule has 6 heteroatoms. The van der Waals surface area contributed by atoms with Gasteiger partial charge in [-0.2, -0.15) is 13.2 Å². The summed E-state index contributed by atoms with van der Waals surface area (Å²) in [6.07, 6.45) is -4.50. The van der Waals surface area contributed by atoms with Crippen LogP contribution in [0.1, 0.15) is 17.0 Å².